The maximum atomic E-state index is 13.5. The summed E-state index contributed by atoms with van der Waals surface area (Å²) in [6.07, 6.45) is 2.49. The fourth-order valence-corrected chi connectivity index (χ4v) is 3.94. The van der Waals surface area contributed by atoms with Crippen molar-refractivity contribution in [2.75, 3.05) is 6.61 Å². The zero-order valence-corrected chi connectivity index (χ0v) is 17.7. The van der Waals surface area contributed by atoms with Crippen LogP contribution in [-0.2, 0) is 9.53 Å². The average molecular weight is 475 g/mol. The molecular weight excluding hydrogens is 451 g/mol. The van der Waals surface area contributed by atoms with Gasteiger partial charge in [-0.3, -0.25) is 4.79 Å². The highest BCUT2D eigenvalue weighted by molar-refractivity contribution is 8.03. The third-order valence-corrected chi connectivity index (χ3v) is 5.85. The van der Waals surface area contributed by atoms with E-state index in [1.807, 2.05) is 0 Å². The first-order chi connectivity index (χ1) is 15.2. The van der Waals surface area contributed by atoms with Crippen molar-refractivity contribution in [2.45, 2.75) is 36.7 Å². The number of hydrogen-bond donors (Lipinski definition) is 6. The average Bonchev–Trinajstić information content (AvgIpc) is 2.77. The van der Waals surface area contributed by atoms with Crippen LogP contribution in [-0.4, -0.2) is 58.1 Å². The van der Waals surface area contributed by atoms with E-state index < -0.39 is 53.8 Å². The molecule has 0 saturated carbocycles. The fourth-order valence-electron chi connectivity index (χ4n) is 2.88. The lowest BCUT2D eigenvalue weighted by atomic mass is 9.97. The van der Waals surface area contributed by atoms with E-state index in [-0.39, 0.29) is 11.3 Å². The Morgan fingerprint density at radius 1 is 1.25 bits per heavy atom. The highest BCUT2D eigenvalue weighted by Crippen LogP contribution is 2.33. The Morgan fingerprint density at radius 3 is 2.47 bits per heavy atom. The lowest BCUT2D eigenvalue weighted by Gasteiger charge is -2.42. The van der Waals surface area contributed by atoms with Crippen LogP contribution in [0.25, 0.3) is 5.70 Å². The van der Waals surface area contributed by atoms with Gasteiger partial charge < -0.3 is 36.4 Å². The molecule has 1 saturated heterocycles. The summed E-state index contributed by atoms with van der Waals surface area (Å²) in [5, 5.41) is 35.8. The molecule has 7 N–H and O–H groups in total. The summed E-state index contributed by atoms with van der Waals surface area (Å²) < 4.78 is 45.6. The summed E-state index contributed by atoms with van der Waals surface area (Å²) in [6.45, 7) is 1.17. The van der Waals surface area contributed by atoms with Crippen LogP contribution in [0, 0.1) is 17.5 Å². The summed E-state index contributed by atoms with van der Waals surface area (Å²) in [5.41, 5.74) is 4.53. The summed E-state index contributed by atoms with van der Waals surface area (Å²) in [6, 6.07) is 0.327. The molecule has 32 heavy (non-hydrogen) atoms. The van der Waals surface area contributed by atoms with E-state index in [0.717, 1.165) is 18.0 Å². The van der Waals surface area contributed by atoms with Crippen LogP contribution in [0.2, 0.25) is 0 Å². The van der Waals surface area contributed by atoms with E-state index >= 15 is 0 Å². The monoisotopic (exact) mass is 475 g/mol. The molecule has 1 aromatic rings. The Kier molecular flexibility index (Phi) is 9.60. The Balaban J connectivity index is 2.21. The number of amides is 1. The minimum absolute atomic E-state index is 0.154. The molecule has 1 amide bonds. The van der Waals surface area contributed by atoms with Gasteiger partial charge in [0.25, 0.3) is 0 Å². The van der Waals surface area contributed by atoms with Crippen LogP contribution in [0.15, 0.2) is 41.6 Å². The summed E-state index contributed by atoms with van der Waals surface area (Å²) in [4.78, 5) is 11.0. The number of allylic oxidation sites excluding steroid dienone is 2. The molecule has 1 aliphatic heterocycles. The summed E-state index contributed by atoms with van der Waals surface area (Å²) >= 11 is 1.08. The van der Waals surface area contributed by atoms with Crippen LogP contribution in [0.1, 0.15) is 12.5 Å². The molecule has 12 heteroatoms. The molecule has 8 nitrogen and oxygen atoms in total. The van der Waals surface area contributed by atoms with Crippen LogP contribution in [0.5, 0.6) is 0 Å². The van der Waals surface area contributed by atoms with Gasteiger partial charge in [-0.15, -0.1) is 0 Å². The first kappa shape index (κ1) is 25.7. The van der Waals surface area contributed by atoms with E-state index in [9.17, 15) is 33.3 Å². The largest absolute Gasteiger partial charge is 0.397 e. The van der Waals surface area contributed by atoms with Crippen molar-refractivity contribution in [2.24, 2.45) is 5.73 Å². The zero-order valence-electron chi connectivity index (χ0n) is 16.9. The van der Waals surface area contributed by atoms with Crippen molar-refractivity contribution in [1.29, 1.82) is 0 Å². The van der Waals surface area contributed by atoms with E-state index in [1.54, 1.807) is 19.1 Å². The number of carbonyl (C=O) groups excluding carboxylic acids is 1. The van der Waals surface area contributed by atoms with Crippen molar-refractivity contribution < 1.29 is 38.0 Å². The maximum Gasteiger partial charge on any atom is 0.211 e. The highest BCUT2D eigenvalue weighted by Gasteiger charge is 2.44. The third-order valence-electron chi connectivity index (χ3n) is 4.58. The second-order valence-electron chi connectivity index (χ2n) is 6.68. The van der Waals surface area contributed by atoms with Gasteiger partial charge >= 0.3 is 0 Å². The standard InChI is InChI=1S/C20H24F3N3O5S/c1-2-11(3-4-25-9-28)32-20-19(30)17(18(29)15(8-27)31-20)26-7-14(24)10-5-12(21)16(23)13(22)6-10/h2-7,9,15,17-20,26-27,29-30H,8,24H2,1H3,(H,25,28)/b4-3-,11-2+,14-7-. The van der Waals surface area contributed by atoms with E-state index in [1.165, 1.54) is 6.20 Å². The minimum atomic E-state index is -1.63. The molecule has 5 unspecified atom stereocenters. The normalized spacial score (nSPS) is 26.9. The molecular formula is C20H24F3N3O5S. The Hall–Kier alpha value is -2.51. The number of nitrogens with two attached hydrogens (primary N) is 1. The predicted octanol–water partition coefficient (Wildman–Crippen LogP) is 0.655. The molecule has 0 radical (unpaired) electrons. The summed E-state index contributed by atoms with van der Waals surface area (Å²) in [5.74, 6) is -4.47. The lowest BCUT2D eigenvalue weighted by molar-refractivity contribution is -0.164. The SMILES string of the molecule is C/C=C(\C=C/NC=O)SC1OC(CO)C(O)C(N/C=C(\N)c2cc(F)c(F)c(F)c2)C1O. The van der Waals surface area contributed by atoms with Gasteiger partial charge in [-0.2, -0.15) is 0 Å². The second-order valence-corrected chi connectivity index (χ2v) is 7.85. The minimum Gasteiger partial charge on any atom is -0.397 e. The topological polar surface area (TPSA) is 137 Å². The molecule has 2 rings (SSSR count). The van der Waals surface area contributed by atoms with E-state index in [0.29, 0.717) is 23.4 Å². The quantitative estimate of drug-likeness (QED) is 0.174. The molecule has 0 aromatic heterocycles. The third kappa shape index (κ3) is 6.26. The van der Waals surface area contributed by atoms with E-state index in [4.69, 9.17) is 10.5 Å². The molecule has 176 valence electrons. The van der Waals surface area contributed by atoms with Crippen LogP contribution < -0.4 is 16.4 Å². The zero-order chi connectivity index (χ0) is 23.8. The number of benzene rings is 1. The number of halogens is 3. The molecule has 0 aliphatic carbocycles. The van der Waals surface area contributed by atoms with Crippen LogP contribution in [0.4, 0.5) is 13.2 Å². The van der Waals surface area contributed by atoms with Gasteiger partial charge in [0.1, 0.15) is 23.7 Å². The van der Waals surface area contributed by atoms with Gasteiger partial charge in [0.05, 0.1) is 18.3 Å². The van der Waals surface area contributed by atoms with Crippen LogP contribution >= 0.6 is 11.8 Å². The number of carbonyl (C=O) groups is 1. The molecule has 0 spiro atoms. The predicted molar refractivity (Wildman–Crippen MR) is 113 cm³/mol. The summed E-state index contributed by atoms with van der Waals surface area (Å²) in [7, 11) is 0. The molecule has 1 aromatic carbocycles. The molecule has 0 bridgehead atoms. The van der Waals surface area contributed by atoms with Crippen molar-refractivity contribution >= 4 is 23.9 Å². The number of aliphatic hydroxyl groups excluding tert-OH is 3. The number of rotatable bonds is 9. The number of aliphatic hydroxyl groups is 3. The number of thioether (sulfide) groups is 1. The van der Waals surface area contributed by atoms with Gasteiger partial charge in [-0.1, -0.05) is 17.8 Å². The Morgan fingerprint density at radius 2 is 1.91 bits per heavy atom. The van der Waals surface area contributed by atoms with Crippen molar-refractivity contribution in [1.82, 2.24) is 10.6 Å². The van der Waals surface area contributed by atoms with Crippen LogP contribution in [0.3, 0.4) is 0 Å². The smallest absolute Gasteiger partial charge is 0.211 e. The van der Waals surface area contributed by atoms with Gasteiger partial charge in [-0.05, 0) is 25.1 Å². The molecule has 1 aliphatic rings. The Bertz CT molecular complexity index is 876. The molecule has 5 atom stereocenters. The van der Waals surface area contributed by atoms with Crippen molar-refractivity contribution in [3.8, 4) is 0 Å². The lowest BCUT2D eigenvalue weighted by Crippen LogP contribution is -2.62. The Labute approximate surface area is 186 Å². The highest BCUT2D eigenvalue weighted by atomic mass is 32.2. The first-order valence-electron chi connectivity index (χ1n) is 9.41. The molecule has 1 fully saturated rings. The number of ether oxygens (including phenoxy) is 1. The molecule has 1 heterocycles. The van der Waals surface area contributed by atoms with Crippen molar-refractivity contribution in [3.05, 3.63) is 64.6 Å². The second kappa shape index (κ2) is 11.9. The number of hydrogen-bond acceptors (Lipinski definition) is 8. The van der Waals surface area contributed by atoms with Crippen molar-refractivity contribution in [3.63, 3.8) is 0 Å². The number of nitrogens with one attached hydrogen (secondary N) is 2. The van der Waals surface area contributed by atoms with Gasteiger partial charge in [0.15, 0.2) is 17.5 Å². The van der Waals surface area contributed by atoms with E-state index in [2.05, 4.69) is 10.6 Å². The maximum absolute atomic E-state index is 13.5. The van der Waals surface area contributed by atoms with Gasteiger partial charge in [0.2, 0.25) is 6.41 Å². The fraction of sp³-hybridized carbons (Fsp3) is 0.350. The van der Waals surface area contributed by atoms with Gasteiger partial charge in [-0.25, -0.2) is 13.2 Å². The first-order valence-corrected chi connectivity index (χ1v) is 10.3. The van der Waals surface area contributed by atoms with Gasteiger partial charge in [0, 0.05) is 22.9 Å².